The molecule has 2 aromatic rings. The van der Waals surface area contributed by atoms with Crippen LogP contribution in [0.5, 0.6) is 0 Å². The predicted octanol–water partition coefficient (Wildman–Crippen LogP) is 4.10. The number of aromatic nitrogens is 1. The van der Waals surface area contributed by atoms with Gasteiger partial charge in [0.15, 0.2) is 0 Å². The molecule has 1 aromatic carbocycles. The molecular weight excluding hydrogens is 434 g/mol. The minimum atomic E-state index is -1.19. The molecule has 0 radical (unpaired) electrons. The maximum Gasteiger partial charge on any atom is 0.252 e. The summed E-state index contributed by atoms with van der Waals surface area (Å²) in [5, 5.41) is 2.98. The number of nitrogens with one attached hydrogen (secondary N) is 1. The van der Waals surface area contributed by atoms with Gasteiger partial charge in [-0.25, -0.2) is 13.8 Å². The molecule has 1 saturated carbocycles. The van der Waals surface area contributed by atoms with E-state index in [2.05, 4.69) is 27.1 Å². The van der Waals surface area contributed by atoms with Gasteiger partial charge >= 0.3 is 0 Å². The molecule has 2 aliphatic carbocycles. The molecule has 5 nitrogen and oxygen atoms in total. The first-order valence-electron chi connectivity index (χ1n) is 11.9. The van der Waals surface area contributed by atoms with E-state index in [1.165, 1.54) is 12.1 Å². The minimum absolute atomic E-state index is 0.0416. The topological polar surface area (TPSA) is 48.5 Å². The van der Waals surface area contributed by atoms with E-state index in [9.17, 15) is 13.6 Å². The van der Waals surface area contributed by atoms with Gasteiger partial charge in [0.1, 0.15) is 17.3 Å². The van der Waals surface area contributed by atoms with Crippen molar-refractivity contribution < 1.29 is 13.6 Å². The van der Waals surface area contributed by atoms with E-state index in [1.54, 1.807) is 24.4 Å². The minimum Gasteiger partial charge on any atom is -0.354 e. The summed E-state index contributed by atoms with van der Waals surface area (Å²) in [6.07, 6.45) is 8.27. The molecule has 1 amide bonds. The maximum absolute atomic E-state index is 14.3. The number of allylic oxidation sites excluding steroid dienone is 4. The SMILES string of the molecule is CN1CCN(c2ccc(C(=O)NCCC(C3=CC4CC4(F)C=C3)c3ccc(F)cc3)cn2)CC1. The third-order valence-electron chi connectivity index (χ3n) is 7.17. The Bertz CT molecular complexity index is 1090. The van der Waals surface area contributed by atoms with E-state index in [-0.39, 0.29) is 23.6 Å². The number of rotatable bonds is 7. The lowest BCUT2D eigenvalue weighted by Crippen LogP contribution is -2.44. The Kier molecular flexibility index (Phi) is 6.21. The summed E-state index contributed by atoms with van der Waals surface area (Å²) in [7, 11) is 2.11. The van der Waals surface area contributed by atoms with Crippen molar-refractivity contribution in [2.24, 2.45) is 5.92 Å². The summed E-state index contributed by atoms with van der Waals surface area (Å²) >= 11 is 0. The number of carbonyl (C=O) groups excluding carboxylic acids is 1. The zero-order valence-electron chi connectivity index (χ0n) is 19.4. The maximum atomic E-state index is 14.3. The van der Waals surface area contributed by atoms with Gasteiger partial charge in [0.2, 0.25) is 0 Å². The Morgan fingerprint density at radius 2 is 1.94 bits per heavy atom. The molecule has 7 heteroatoms. The summed E-state index contributed by atoms with van der Waals surface area (Å²) in [5.41, 5.74) is 1.31. The highest BCUT2D eigenvalue weighted by molar-refractivity contribution is 5.94. The summed E-state index contributed by atoms with van der Waals surface area (Å²) in [4.78, 5) is 21.7. The number of hydrogen-bond donors (Lipinski definition) is 1. The number of pyridine rings is 1. The molecule has 2 fully saturated rings. The van der Waals surface area contributed by atoms with Gasteiger partial charge in [0.05, 0.1) is 5.56 Å². The van der Waals surface area contributed by atoms with Crippen LogP contribution in [0.25, 0.3) is 0 Å². The van der Waals surface area contributed by atoms with E-state index in [0.29, 0.717) is 24.9 Å². The second kappa shape index (κ2) is 9.29. The Labute approximate surface area is 199 Å². The van der Waals surface area contributed by atoms with Crippen LogP contribution in [-0.4, -0.2) is 61.2 Å². The average molecular weight is 465 g/mol. The molecular formula is C27H30F2N4O. The predicted molar refractivity (Wildman–Crippen MR) is 129 cm³/mol. The zero-order chi connectivity index (χ0) is 23.7. The van der Waals surface area contributed by atoms with Crippen LogP contribution in [0.15, 0.2) is 66.4 Å². The highest BCUT2D eigenvalue weighted by atomic mass is 19.1. The number of halogens is 2. The van der Waals surface area contributed by atoms with Crippen LogP contribution in [0.4, 0.5) is 14.6 Å². The Morgan fingerprint density at radius 3 is 2.62 bits per heavy atom. The van der Waals surface area contributed by atoms with E-state index in [4.69, 9.17) is 0 Å². The molecule has 1 aliphatic heterocycles. The van der Waals surface area contributed by atoms with Crippen molar-refractivity contribution in [1.82, 2.24) is 15.2 Å². The first kappa shape index (κ1) is 22.7. The standard InChI is InChI=1S/C27H30F2N4O/c1-32-12-14-33(15-13-32)25-7-4-21(18-31-25)26(34)30-11-9-24(19-2-5-23(28)6-3-19)20-8-10-27(29)17-22(27)16-20/h2-8,10,16,18,22,24H,9,11-15,17H2,1H3,(H,30,34). The number of hydrogen-bond acceptors (Lipinski definition) is 4. The van der Waals surface area contributed by atoms with Crippen molar-refractivity contribution in [2.45, 2.75) is 24.4 Å². The van der Waals surface area contributed by atoms with Gasteiger partial charge in [0.25, 0.3) is 5.91 Å². The Morgan fingerprint density at radius 1 is 1.18 bits per heavy atom. The monoisotopic (exact) mass is 464 g/mol. The van der Waals surface area contributed by atoms with Crippen LogP contribution < -0.4 is 10.2 Å². The summed E-state index contributed by atoms with van der Waals surface area (Å²) < 4.78 is 27.8. The molecule has 0 bridgehead atoms. The van der Waals surface area contributed by atoms with Gasteiger partial charge in [-0.05, 0) is 61.4 Å². The number of amides is 1. The lowest BCUT2D eigenvalue weighted by Gasteiger charge is -2.33. The van der Waals surface area contributed by atoms with E-state index < -0.39 is 5.67 Å². The average Bonchev–Trinajstić information content (AvgIpc) is 3.53. The normalized spacial score (nSPS) is 24.9. The molecule has 3 unspecified atom stereocenters. The van der Waals surface area contributed by atoms with Crippen molar-refractivity contribution in [2.75, 3.05) is 44.7 Å². The van der Waals surface area contributed by atoms with Gasteiger partial charge < -0.3 is 15.1 Å². The number of piperazine rings is 1. The Balaban J connectivity index is 1.21. The molecule has 1 aromatic heterocycles. The molecule has 5 rings (SSSR count). The largest absolute Gasteiger partial charge is 0.354 e. The number of benzene rings is 1. The third-order valence-corrected chi connectivity index (χ3v) is 7.17. The first-order valence-corrected chi connectivity index (χ1v) is 11.9. The number of carbonyl (C=O) groups is 1. The summed E-state index contributed by atoms with van der Waals surface area (Å²) in [5.74, 6) is 0.311. The molecule has 2 heterocycles. The number of likely N-dealkylation sites (N-methyl/N-ethyl adjacent to an activating group) is 1. The number of fused-ring (bicyclic) bond motifs is 1. The van der Waals surface area contributed by atoms with Gasteiger partial charge in [-0.15, -0.1) is 0 Å². The van der Waals surface area contributed by atoms with Gasteiger partial charge in [0, 0.05) is 50.8 Å². The van der Waals surface area contributed by atoms with Gasteiger partial charge in [-0.3, -0.25) is 4.79 Å². The van der Waals surface area contributed by atoms with Crippen LogP contribution in [0, 0.1) is 11.7 Å². The van der Waals surface area contributed by atoms with E-state index in [1.807, 2.05) is 24.3 Å². The van der Waals surface area contributed by atoms with Crippen LogP contribution >= 0.6 is 0 Å². The van der Waals surface area contributed by atoms with Crippen molar-refractivity contribution in [3.05, 3.63) is 83.3 Å². The quantitative estimate of drug-likeness (QED) is 0.670. The van der Waals surface area contributed by atoms with Crippen LogP contribution in [-0.2, 0) is 0 Å². The van der Waals surface area contributed by atoms with Gasteiger partial charge in [-0.2, -0.15) is 0 Å². The lowest BCUT2D eigenvalue weighted by molar-refractivity contribution is 0.0952. The van der Waals surface area contributed by atoms with Crippen LogP contribution in [0.2, 0.25) is 0 Å². The zero-order valence-corrected chi connectivity index (χ0v) is 19.4. The van der Waals surface area contributed by atoms with Crippen LogP contribution in [0.1, 0.15) is 34.7 Å². The molecule has 1 saturated heterocycles. The third kappa shape index (κ3) is 4.89. The molecule has 0 spiro atoms. The summed E-state index contributed by atoms with van der Waals surface area (Å²) in [6.45, 7) is 4.29. The number of nitrogens with zero attached hydrogens (tertiary/aromatic N) is 3. The van der Waals surface area contributed by atoms with Crippen molar-refractivity contribution >= 4 is 11.7 Å². The second-order valence-corrected chi connectivity index (χ2v) is 9.58. The summed E-state index contributed by atoms with van der Waals surface area (Å²) in [6, 6.07) is 10.1. The van der Waals surface area contributed by atoms with Gasteiger partial charge in [-0.1, -0.05) is 24.3 Å². The van der Waals surface area contributed by atoms with Crippen molar-refractivity contribution in [3.63, 3.8) is 0 Å². The Hall–Kier alpha value is -3.06. The van der Waals surface area contributed by atoms with Crippen molar-refractivity contribution in [3.8, 4) is 0 Å². The molecule has 1 N–H and O–H groups in total. The van der Waals surface area contributed by atoms with Crippen molar-refractivity contribution in [1.29, 1.82) is 0 Å². The number of anilines is 1. The first-order chi connectivity index (χ1) is 16.4. The van der Waals surface area contributed by atoms with Crippen LogP contribution in [0.3, 0.4) is 0 Å². The second-order valence-electron chi connectivity index (χ2n) is 9.58. The molecule has 178 valence electrons. The molecule has 3 atom stereocenters. The highest BCUT2D eigenvalue weighted by Gasteiger charge is 2.53. The fraction of sp³-hybridized carbons (Fsp3) is 0.407. The highest BCUT2D eigenvalue weighted by Crippen LogP contribution is 2.53. The fourth-order valence-electron chi connectivity index (χ4n) is 4.82. The van der Waals surface area contributed by atoms with E-state index >= 15 is 0 Å². The number of alkyl halides is 1. The molecule has 34 heavy (non-hydrogen) atoms. The lowest BCUT2D eigenvalue weighted by atomic mass is 9.85. The fourth-order valence-corrected chi connectivity index (χ4v) is 4.82. The van der Waals surface area contributed by atoms with E-state index in [0.717, 1.165) is 43.1 Å². The molecule has 3 aliphatic rings. The smallest absolute Gasteiger partial charge is 0.252 e.